The van der Waals surface area contributed by atoms with E-state index in [2.05, 4.69) is 0 Å². The van der Waals surface area contributed by atoms with Gasteiger partial charge in [-0.1, -0.05) is 18.2 Å². The Kier molecular flexibility index (Phi) is 3.34. The summed E-state index contributed by atoms with van der Waals surface area (Å²) in [6, 6.07) is 7.82. The first-order valence-electron chi connectivity index (χ1n) is 6.87. The quantitative estimate of drug-likeness (QED) is 0.907. The number of piperidine rings is 1. The van der Waals surface area contributed by atoms with Crippen molar-refractivity contribution in [3.8, 4) is 5.75 Å². The lowest BCUT2D eigenvalue weighted by Gasteiger charge is -2.32. The van der Waals surface area contributed by atoms with Crippen molar-refractivity contribution in [1.82, 2.24) is 4.90 Å². The first-order chi connectivity index (χ1) is 9.65. The van der Waals surface area contributed by atoms with Gasteiger partial charge in [-0.05, 0) is 12.5 Å². The van der Waals surface area contributed by atoms with Gasteiger partial charge in [0, 0.05) is 31.0 Å². The van der Waals surface area contributed by atoms with Crippen LogP contribution in [0.3, 0.4) is 0 Å². The van der Waals surface area contributed by atoms with Crippen LogP contribution in [0.2, 0.25) is 0 Å². The lowest BCUT2D eigenvalue weighted by atomic mass is 9.95. The summed E-state index contributed by atoms with van der Waals surface area (Å²) < 4.78 is 5.61. The number of hydrogen-bond donors (Lipinski definition) is 1. The number of para-hydroxylation sites is 1. The molecule has 2 atom stereocenters. The fraction of sp³-hybridized carbons (Fsp3) is 0.467. The van der Waals surface area contributed by atoms with E-state index in [0.717, 1.165) is 11.3 Å². The standard InChI is InChI=1S/C15H17NO4/c17-14-6-5-10(15(18)19)7-16(14)8-11-9-20-13-4-2-1-3-12(11)13/h1-4,10-11H,5-9H2,(H,18,19). The molecule has 5 heteroatoms. The van der Waals surface area contributed by atoms with Crippen molar-refractivity contribution in [2.45, 2.75) is 18.8 Å². The van der Waals surface area contributed by atoms with Crippen LogP contribution in [0, 0.1) is 5.92 Å². The third-order valence-corrected chi connectivity index (χ3v) is 4.09. The highest BCUT2D eigenvalue weighted by molar-refractivity contribution is 5.80. The SMILES string of the molecule is O=C(O)C1CCC(=O)N(CC2COc3ccccc32)C1. The van der Waals surface area contributed by atoms with Gasteiger partial charge in [-0.15, -0.1) is 0 Å². The average molecular weight is 275 g/mol. The van der Waals surface area contributed by atoms with Crippen LogP contribution in [0.5, 0.6) is 5.75 Å². The van der Waals surface area contributed by atoms with Crippen LogP contribution in [0.25, 0.3) is 0 Å². The Morgan fingerprint density at radius 3 is 3.00 bits per heavy atom. The van der Waals surface area contributed by atoms with Gasteiger partial charge in [0.2, 0.25) is 5.91 Å². The molecule has 1 saturated heterocycles. The molecule has 20 heavy (non-hydrogen) atoms. The molecule has 2 heterocycles. The van der Waals surface area contributed by atoms with E-state index in [1.165, 1.54) is 0 Å². The van der Waals surface area contributed by atoms with E-state index in [9.17, 15) is 9.59 Å². The number of carbonyl (C=O) groups excluding carboxylic acids is 1. The van der Waals surface area contributed by atoms with Gasteiger partial charge in [0.15, 0.2) is 0 Å². The molecule has 106 valence electrons. The van der Waals surface area contributed by atoms with E-state index in [-0.39, 0.29) is 11.8 Å². The van der Waals surface area contributed by atoms with E-state index < -0.39 is 11.9 Å². The smallest absolute Gasteiger partial charge is 0.308 e. The van der Waals surface area contributed by atoms with Gasteiger partial charge in [0.25, 0.3) is 0 Å². The number of rotatable bonds is 3. The number of amides is 1. The maximum Gasteiger partial charge on any atom is 0.308 e. The van der Waals surface area contributed by atoms with Crippen molar-refractivity contribution < 1.29 is 19.4 Å². The summed E-state index contributed by atoms with van der Waals surface area (Å²) in [5.41, 5.74) is 1.11. The summed E-state index contributed by atoms with van der Waals surface area (Å²) in [5.74, 6) is -0.192. The Bertz CT molecular complexity index is 542. The number of carbonyl (C=O) groups is 2. The molecular formula is C15H17NO4. The molecule has 0 aliphatic carbocycles. The monoisotopic (exact) mass is 275 g/mol. The van der Waals surface area contributed by atoms with Crippen LogP contribution in [-0.4, -0.2) is 41.6 Å². The first kappa shape index (κ1) is 13.0. The summed E-state index contributed by atoms with van der Waals surface area (Å²) in [4.78, 5) is 24.7. The fourth-order valence-electron chi connectivity index (χ4n) is 2.94. The highest BCUT2D eigenvalue weighted by Gasteiger charge is 2.33. The number of ether oxygens (including phenoxy) is 1. The predicted octanol–water partition coefficient (Wildman–Crippen LogP) is 1.49. The van der Waals surface area contributed by atoms with E-state index in [4.69, 9.17) is 9.84 Å². The normalized spacial score (nSPS) is 25.2. The van der Waals surface area contributed by atoms with Crippen molar-refractivity contribution in [1.29, 1.82) is 0 Å². The number of likely N-dealkylation sites (tertiary alicyclic amines) is 1. The van der Waals surface area contributed by atoms with Gasteiger partial charge in [0.1, 0.15) is 5.75 Å². The molecule has 3 rings (SSSR count). The van der Waals surface area contributed by atoms with Gasteiger partial charge in [0.05, 0.1) is 12.5 Å². The zero-order valence-corrected chi connectivity index (χ0v) is 11.1. The molecule has 1 aromatic carbocycles. The maximum atomic E-state index is 12.0. The van der Waals surface area contributed by atoms with Gasteiger partial charge >= 0.3 is 5.97 Å². The molecule has 0 aromatic heterocycles. The molecule has 1 aromatic rings. The molecule has 0 bridgehead atoms. The number of benzene rings is 1. The minimum Gasteiger partial charge on any atom is -0.493 e. The fourth-order valence-corrected chi connectivity index (χ4v) is 2.94. The largest absolute Gasteiger partial charge is 0.493 e. The minimum absolute atomic E-state index is 0.0480. The second kappa shape index (κ2) is 5.15. The maximum absolute atomic E-state index is 12.0. The molecule has 2 aliphatic rings. The van der Waals surface area contributed by atoms with Gasteiger partial charge < -0.3 is 14.7 Å². The minimum atomic E-state index is -0.814. The number of nitrogens with zero attached hydrogens (tertiary/aromatic N) is 1. The summed E-state index contributed by atoms with van der Waals surface area (Å²) in [5, 5.41) is 9.10. The predicted molar refractivity (Wildman–Crippen MR) is 71.6 cm³/mol. The number of aliphatic carboxylic acids is 1. The van der Waals surface area contributed by atoms with Gasteiger partial charge in [-0.2, -0.15) is 0 Å². The van der Waals surface area contributed by atoms with Crippen molar-refractivity contribution in [2.75, 3.05) is 19.7 Å². The topological polar surface area (TPSA) is 66.8 Å². The van der Waals surface area contributed by atoms with E-state index in [1.54, 1.807) is 4.90 Å². The summed E-state index contributed by atoms with van der Waals surface area (Å²) in [6.45, 7) is 1.41. The Balaban J connectivity index is 1.71. The molecule has 2 aliphatic heterocycles. The molecule has 0 spiro atoms. The van der Waals surface area contributed by atoms with Crippen molar-refractivity contribution >= 4 is 11.9 Å². The molecule has 5 nitrogen and oxygen atoms in total. The number of hydrogen-bond acceptors (Lipinski definition) is 3. The highest BCUT2D eigenvalue weighted by atomic mass is 16.5. The second-order valence-corrected chi connectivity index (χ2v) is 5.42. The van der Waals surface area contributed by atoms with Crippen molar-refractivity contribution in [3.05, 3.63) is 29.8 Å². The van der Waals surface area contributed by atoms with Crippen LogP contribution < -0.4 is 4.74 Å². The Labute approximate surface area is 117 Å². The lowest BCUT2D eigenvalue weighted by molar-refractivity contribution is -0.147. The number of carboxylic acids is 1. The average Bonchev–Trinajstić information content (AvgIpc) is 2.84. The van der Waals surface area contributed by atoms with Gasteiger partial charge in [-0.3, -0.25) is 9.59 Å². The lowest BCUT2D eigenvalue weighted by Crippen LogP contribution is -2.44. The molecule has 1 N–H and O–H groups in total. The summed E-state index contributed by atoms with van der Waals surface area (Å²) >= 11 is 0. The van der Waals surface area contributed by atoms with Crippen LogP contribution in [-0.2, 0) is 9.59 Å². The van der Waals surface area contributed by atoms with Crippen LogP contribution >= 0.6 is 0 Å². The second-order valence-electron chi connectivity index (χ2n) is 5.42. The highest BCUT2D eigenvalue weighted by Crippen LogP contribution is 2.34. The van der Waals surface area contributed by atoms with Crippen molar-refractivity contribution in [2.24, 2.45) is 5.92 Å². The van der Waals surface area contributed by atoms with E-state index in [0.29, 0.717) is 32.5 Å². The molecule has 0 radical (unpaired) electrons. The molecule has 1 amide bonds. The Hall–Kier alpha value is -2.04. The molecule has 2 unspecified atom stereocenters. The van der Waals surface area contributed by atoms with E-state index in [1.807, 2.05) is 24.3 Å². The van der Waals surface area contributed by atoms with Crippen LogP contribution in [0.4, 0.5) is 0 Å². The summed E-state index contributed by atoms with van der Waals surface area (Å²) in [6.07, 6.45) is 0.772. The third-order valence-electron chi connectivity index (χ3n) is 4.09. The molecule has 0 saturated carbocycles. The Morgan fingerprint density at radius 1 is 1.40 bits per heavy atom. The molecular weight excluding hydrogens is 258 g/mol. The summed E-state index contributed by atoms with van der Waals surface area (Å²) in [7, 11) is 0. The number of fused-ring (bicyclic) bond motifs is 1. The van der Waals surface area contributed by atoms with Crippen LogP contribution in [0.15, 0.2) is 24.3 Å². The van der Waals surface area contributed by atoms with E-state index >= 15 is 0 Å². The van der Waals surface area contributed by atoms with Crippen molar-refractivity contribution in [3.63, 3.8) is 0 Å². The molecule has 1 fully saturated rings. The van der Waals surface area contributed by atoms with Crippen LogP contribution in [0.1, 0.15) is 24.3 Å². The zero-order chi connectivity index (χ0) is 14.1. The number of carboxylic acid groups (broad SMARTS) is 1. The van der Waals surface area contributed by atoms with Gasteiger partial charge in [-0.25, -0.2) is 0 Å². The zero-order valence-electron chi connectivity index (χ0n) is 11.1. The first-order valence-corrected chi connectivity index (χ1v) is 6.87. The third kappa shape index (κ3) is 2.35. The Morgan fingerprint density at radius 2 is 2.20 bits per heavy atom.